The van der Waals surface area contributed by atoms with Crippen molar-refractivity contribution in [2.24, 2.45) is 5.73 Å². The maximum absolute atomic E-state index is 11.7. The zero-order chi connectivity index (χ0) is 27.8. The molecule has 7 N–H and O–H groups in total. The summed E-state index contributed by atoms with van der Waals surface area (Å²) in [7, 11) is 3.30. The summed E-state index contributed by atoms with van der Waals surface area (Å²) in [6, 6.07) is 9.76. The molecule has 0 saturated carbocycles. The maximum atomic E-state index is 11.7. The minimum Gasteiger partial charge on any atom is -0.351 e. The number of hydrogen-bond acceptors (Lipinski definition) is 4. The first kappa shape index (κ1) is 30.5. The summed E-state index contributed by atoms with van der Waals surface area (Å²) in [5.41, 5.74) is 7.92. The second-order valence-electron chi connectivity index (χ2n) is 9.04. The lowest BCUT2D eigenvalue weighted by molar-refractivity contribution is 0.236. The Labute approximate surface area is 222 Å². The third-order valence-electron chi connectivity index (χ3n) is 4.56. The Morgan fingerprint density at radius 3 is 1.56 bits per heavy atom. The smallest absolute Gasteiger partial charge is 0.321 e. The van der Waals surface area contributed by atoms with Crippen LogP contribution in [0.25, 0.3) is 0 Å². The molecule has 2 aromatic carbocycles. The Balaban J connectivity index is 0.000000369. The number of nitrogens with zero attached hydrogens (tertiary/aromatic N) is 2. The summed E-state index contributed by atoms with van der Waals surface area (Å²) in [5, 5.41) is 23.9. The van der Waals surface area contributed by atoms with Crippen LogP contribution >= 0.6 is 23.2 Å². The van der Waals surface area contributed by atoms with E-state index < -0.39 is 12.1 Å². The molecule has 0 radical (unpaired) electrons. The van der Waals surface area contributed by atoms with Crippen molar-refractivity contribution in [2.75, 3.05) is 23.9 Å². The highest BCUT2D eigenvalue weighted by atomic mass is 35.5. The van der Waals surface area contributed by atoms with Gasteiger partial charge >= 0.3 is 12.1 Å². The molecule has 0 saturated heterocycles. The Morgan fingerprint density at radius 2 is 1.22 bits per heavy atom. The number of urea groups is 2. The quantitative estimate of drug-likeness (QED) is 0.241. The SMILES string of the molecule is Cc1ccc(N(C)C(=N)NC(=O)NC(C)(C)C)c(Cl)c1.Cc1ccc(N(C)C(=N)NC(N)=O)c(Cl)c1. The van der Waals surface area contributed by atoms with Crippen LogP contribution in [-0.2, 0) is 0 Å². The number of guanidine groups is 2. The summed E-state index contributed by atoms with van der Waals surface area (Å²) in [5.74, 6) is -0.171. The molecule has 0 fully saturated rings. The lowest BCUT2D eigenvalue weighted by Crippen LogP contribution is -2.51. The van der Waals surface area contributed by atoms with Crippen molar-refractivity contribution in [3.63, 3.8) is 0 Å². The summed E-state index contributed by atoms with van der Waals surface area (Å²) in [6.45, 7) is 9.48. The Morgan fingerprint density at radius 1 is 0.833 bits per heavy atom. The Kier molecular flexibility index (Phi) is 11.0. The molecule has 0 atom stereocenters. The fraction of sp³-hybridized carbons (Fsp3) is 0.333. The molecule has 0 unspecified atom stereocenters. The van der Waals surface area contributed by atoms with Gasteiger partial charge in [0.2, 0.25) is 11.9 Å². The van der Waals surface area contributed by atoms with E-state index in [0.717, 1.165) is 11.1 Å². The molecular formula is C24H34Cl2N8O2. The zero-order valence-electron chi connectivity index (χ0n) is 21.5. The van der Waals surface area contributed by atoms with Gasteiger partial charge in [0.1, 0.15) is 0 Å². The molecule has 0 aliphatic carbocycles. The molecule has 0 bridgehead atoms. The van der Waals surface area contributed by atoms with E-state index >= 15 is 0 Å². The normalized spacial score (nSPS) is 10.4. The van der Waals surface area contributed by atoms with E-state index in [9.17, 15) is 9.59 Å². The van der Waals surface area contributed by atoms with Gasteiger partial charge in [0.15, 0.2) is 0 Å². The topological polar surface area (TPSA) is 150 Å². The molecule has 2 aromatic rings. The third kappa shape index (κ3) is 10.0. The number of primary amides is 1. The number of halogens is 2. The molecule has 0 heterocycles. The number of rotatable bonds is 2. The van der Waals surface area contributed by atoms with E-state index in [0.29, 0.717) is 21.4 Å². The molecular weight excluding hydrogens is 503 g/mol. The number of carbonyl (C=O) groups excluding carboxylic acids is 2. The first-order valence-electron chi connectivity index (χ1n) is 10.8. The van der Waals surface area contributed by atoms with Crippen LogP contribution in [0.2, 0.25) is 10.0 Å². The van der Waals surface area contributed by atoms with E-state index in [1.165, 1.54) is 9.80 Å². The molecule has 0 spiro atoms. The van der Waals surface area contributed by atoms with Gasteiger partial charge in [-0.15, -0.1) is 0 Å². The van der Waals surface area contributed by atoms with Gasteiger partial charge in [0.05, 0.1) is 21.4 Å². The van der Waals surface area contributed by atoms with Crippen molar-refractivity contribution in [3.8, 4) is 0 Å². The molecule has 0 aromatic heterocycles. The van der Waals surface area contributed by atoms with Crippen LogP contribution < -0.4 is 31.5 Å². The minimum atomic E-state index is -0.778. The van der Waals surface area contributed by atoms with Crippen LogP contribution in [0.5, 0.6) is 0 Å². The van der Waals surface area contributed by atoms with Crippen LogP contribution in [0, 0.1) is 24.7 Å². The lowest BCUT2D eigenvalue weighted by atomic mass is 10.1. The number of hydrogen-bond donors (Lipinski definition) is 6. The summed E-state index contributed by atoms with van der Waals surface area (Å²) in [4.78, 5) is 25.3. The highest BCUT2D eigenvalue weighted by Gasteiger charge is 2.17. The molecule has 36 heavy (non-hydrogen) atoms. The standard InChI is InChI=1S/C14H21ClN4O.C10H13ClN4O/c1-9-6-7-11(10(15)8-9)19(5)12(16)17-13(20)18-14(2,3)4;1-6-3-4-8(7(11)5-6)15(2)9(12)14-10(13)16/h6-8H,1-5H3,(H3,16,17,18,20);3-5H,1-2H3,(H4,12,13,14,16). The number of nitrogens with two attached hydrogens (primary N) is 1. The summed E-state index contributed by atoms with van der Waals surface area (Å²) in [6.07, 6.45) is 0. The molecule has 0 aliphatic rings. The summed E-state index contributed by atoms with van der Waals surface area (Å²) >= 11 is 12.2. The molecule has 12 heteroatoms. The van der Waals surface area contributed by atoms with Gasteiger partial charge in [-0.2, -0.15) is 0 Å². The van der Waals surface area contributed by atoms with Crippen LogP contribution in [0.4, 0.5) is 21.0 Å². The third-order valence-corrected chi connectivity index (χ3v) is 5.17. The van der Waals surface area contributed by atoms with Gasteiger partial charge in [-0.3, -0.25) is 21.5 Å². The highest BCUT2D eigenvalue weighted by molar-refractivity contribution is 6.34. The summed E-state index contributed by atoms with van der Waals surface area (Å²) < 4.78 is 0. The first-order chi connectivity index (χ1) is 16.5. The average molecular weight is 537 g/mol. The van der Waals surface area contributed by atoms with Crippen molar-refractivity contribution >= 4 is 58.6 Å². The highest BCUT2D eigenvalue weighted by Crippen LogP contribution is 2.26. The predicted molar refractivity (Wildman–Crippen MR) is 149 cm³/mol. The van der Waals surface area contributed by atoms with Crippen molar-refractivity contribution in [3.05, 3.63) is 57.6 Å². The average Bonchev–Trinajstić information content (AvgIpc) is 2.71. The van der Waals surface area contributed by atoms with E-state index in [-0.39, 0.29) is 17.5 Å². The van der Waals surface area contributed by atoms with Crippen molar-refractivity contribution in [2.45, 2.75) is 40.2 Å². The first-order valence-corrected chi connectivity index (χ1v) is 11.6. The van der Waals surface area contributed by atoms with Gasteiger partial charge in [0.25, 0.3) is 0 Å². The van der Waals surface area contributed by atoms with Crippen LogP contribution in [0.1, 0.15) is 31.9 Å². The van der Waals surface area contributed by atoms with Gasteiger partial charge in [-0.1, -0.05) is 35.3 Å². The van der Waals surface area contributed by atoms with Crippen molar-refractivity contribution in [1.82, 2.24) is 16.0 Å². The zero-order valence-corrected chi connectivity index (χ0v) is 23.0. The van der Waals surface area contributed by atoms with E-state index in [1.54, 1.807) is 26.2 Å². The second kappa shape index (κ2) is 13.0. The number of anilines is 2. The van der Waals surface area contributed by atoms with Crippen LogP contribution in [0.3, 0.4) is 0 Å². The maximum Gasteiger partial charge on any atom is 0.321 e. The molecule has 2 rings (SSSR count). The fourth-order valence-corrected chi connectivity index (χ4v) is 3.50. The van der Waals surface area contributed by atoms with E-state index in [2.05, 4.69) is 16.0 Å². The van der Waals surface area contributed by atoms with Crippen LogP contribution in [-0.4, -0.2) is 43.6 Å². The van der Waals surface area contributed by atoms with Crippen LogP contribution in [0.15, 0.2) is 36.4 Å². The Bertz CT molecular complexity index is 1130. The van der Waals surface area contributed by atoms with Gasteiger partial charge in [-0.25, -0.2) is 9.59 Å². The second-order valence-corrected chi connectivity index (χ2v) is 9.86. The number of benzene rings is 2. The fourth-order valence-electron chi connectivity index (χ4n) is 2.77. The monoisotopic (exact) mass is 536 g/mol. The predicted octanol–water partition coefficient (Wildman–Crippen LogP) is 4.80. The van der Waals surface area contributed by atoms with Crippen molar-refractivity contribution < 1.29 is 9.59 Å². The van der Waals surface area contributed by atoms with E-state index in [1.807, 2.05) is 58.9 Å². The molecule has 4 amide bonds. The van der Waals surface area contributed by atoms with Gasteiger partial charge in [-0.05, 0) is 70.0 Å². The van der Waals surface area contributed by atoms with Crippen molar-refractivity contribution in [1.29, 1.82) is 10.8 Å². The van der Waals surface area contributed by atoms with E-state index in [4.69, 9.17) is 39.8 Å². The van der Waals surface area contributed by atoms with Gasteiger partial charge < -0.3 is 20.9 Å². The largest absolute Gasteiger partial charge is 0.351 e. The number of aryl methyl sites for hydroxylation is 2. The van der Waals surface area contributed by atoms with Gasteiger partial charge in [0, 0.05) is 19.6 Å². The number of carbonyl (C=O) groups is 2. The number of amides is 4. The lowest BCUT2D eigenvalue weighted by Gasteiger charge is -2.24. The molecule has 196 valence electrons. The number of nitrogens with one attached hydrogen (secondary N) is 5. The molecule has 0 aliphatic heterocycles. The molecule has 10 nitrogen and oxygen atoms in total. The Hall–Kier alpha value is -3.50. The minimum absolute atomic E-state index is 0.0440.